The molecule has 0 atom stereocenters. The van der Waals surface area contributed by atoms with Crippen LogP contribution >= 0.6 is 11.6 Å². The summed E-state index contributed by atoms with van der Waals surface area (Å²) in [6, 6.07) is 12.2. The lowest BCUT2D eigenvalue weighted by molar-refractivity contribution is 0.0713. The zero-order chi connectivity index (χ0) is 17.4. The molecule has 0 saturated carbocycles. The first-order valence-corrected chi connectivity index (χ1v) is 8.81. The first-order valence-electron chi connectivity index (χ1n) is 8.44. The van der Waals surface area contributed by atoms with Gasteiger partial charge in [-0.05, 0) is 48.6 Å². The molecule has 0 radical (unpaired) electrons. The Kier molecular flexibility index (Phi) is 4.22. The summed E-state index contributed by atoms with van der Waals surface area (Å²) in [4.78, 5) is 17.8. The van der Waals surface area contributed by atoms with Gasteiger partial charge < -0.3 is 9.88 Å². The molecular formula is C20H18ClFN2O. The summed E-state index contributed by atoms with van der Waals surface area (Å²) < 4.78 is 13.2. The second-order valence-electron chi connectivity index (χ2n) is 6.48. The number of hydrogen-bond donors (Lipinski definition) is 1. The number of aromatic amines is 1. The number of fused-ring (bicyclic) bond motifs is 1. The van der Waals surface area contributed by atoms with Gasteiger partial charge in [-0.1, -0.05) is 29.8 Å². The molecule has 4 rings (SSSR count). The number of H-pyrrole nitrogens is 1. The first-order chi connectivity index (χ1) is 12.1. The molecule has 0 unspecified atom stereocenters. The van der Waals surface area contributed by atoms with Gasteiger partial charge in [0.25, 0.3) is 5.91 Å². The number of rotatable bonds is 2. The number of amides is 1. The number of carbonyl (C=O) groups excluding carboxylic acids is 1. The van der Waals surface area contributed by atoms with Crippen molar-refractivity contribution in [2.45, 2.75) is 18.8 Å². The number of likely N-dealkylation sites (tertiary alicyclic amines) is 1. The van der Waals surface area contributed by atoms with Crippen LogP contribution < -0.4 is 0 Å². The molecule has 2 heterocycles. The van der Waals surface area contributed by atoms with E-state index >= 15 is 0 Å². The highest BCUT2D eigenvalue weighted by Gasteiger charge is 2.27. The van der Waals surface area contributed by atoms with E-state index in [2.05, 4.69) is 29.4 Å². The molecule has 2 aromatic carbocycles. The van der Waals surface area contributed by atoms with Crippen molar-refractivity contribution in [2.75, 3.05) is 13.1 Å². The summed E-state index contributed by atoms with van der Waals surface area (Å²) in [5.41, 5.74) is 2.84. The fraction of sp³-hybridized carbons (Fsp3) is 0.250. The minimum atomic E-state index is -0.431. The SMILES string of the molecule is O=C(c1ccc(F)cc1Cl)N1CCC(c2c[nH]c3ccccc23)CC1. The molecule has 0 aliphatic carbocycles. The minimum Gasteiger partial charge on any atom is -0.361 e. The van der Waals surface area contributed by atoms with Crippen molar-refractivity contribution in [1.82, 2.24) is 9.88 Å². The van der Waals surface area contributed by atoms with Gasteiger partial charge in [0, 0.05) is 30.2 Å². The van der Waals surface area contributed by atoms with E-state index in [4.69, 9.17) is 11.6 Å². The summed E-state index contributed by atoms with van der Waals surface area (Å²) in [5.74, 6) is -0.120. The van der Waals surface area contributed by atoms with Crippen LogP contribution in [0, 0.1) is 5.82 Å². The Labute approximate surface area is 150 Å². The Morgan fingerprint density at radius 1 is 1.16 bits per heavy atom. The van der Waals surface area contributed by atoms with Crippen LogP contribution in [0.25, 0.3) is 10.9 Å². The van der Waals surface area contributed by atoms with E-state index in [1.807, 2.05) is 11.0 Å². The van der Waals surface area contributed by atoms with Crippen molar-refractivity contribution < 1.29 is 9.18 Å². The van der Waals surface area contributed by atoms with Gasteiger partial charge in [0.05, 0.1) is 10.6 Å². The Bertz CT molecular complexity index is 928. The van der Waals surface area contributed by atoms with Crippen LogP contribution in [0.15, 0.2) is 48.7 Å². The van der Waals surface area contributed by atoms with Gasteiger partial charge in [-0.2, -0.15) is 0 Å². The second kappa shape index (κ2) is 6.52. The van der Waals surface area contributed by atoms with Crippen LogP contribution in [-0.4, -0.2) is 28.9 Å². The Morgan fingerprint density at radius 3 is 2.68 bits per heavy atom. The van der Waals surface area contributed by atoms with Gasteiger partial charge in [-0.3, -0.25) is 4.79 Å². The standard InChI is InChI=1S/C20H18ClFN2O/c21-18-11-14(22)5-6-16(18)20(25)24-9-7-13(8-10-24)17-12-23-19-4-2-1-3-15(17)19/h1-6,11-13,23H,7-10H2. The minimum absolute atomic E-state index is 0.123. The zero-order valence-corrected chi connectivity index (χ0v) is 14.4. The van der Waals surface area contributed by atoms with Crippen LogP contribution in [0.1, 0.15) is 34.7 Å². The lowest BCUT2D eigenvalue weighted by Crippen LogP contribution is -2.38. The largest absolute Gasteiger partial charge is 0.361 e. The first kappa shape index (κ1) is 16.2. The number of halogens is 2. The third-order valence-corrected chi connectivity index (χ3v) is 5.32. The van der Waals surface area contributed by atoms with E-state index in [-0.39, 0.29) is 10.9 Å². The summed E-state index contributed by atoms with van der Waals surface area (Å²) >= 11 is 6.03. The highest BCUT2D eigenvalue weighted by atomic mass is 35.5. The predicted octanol–water partition coefficient (Wildman–Crippen LogP) is 4.98. The van der Waals surface area contributed by atoms with Crippen molar-refractivity contribution in [2.24, 2.45) is 0 Å². The van der Waals surface area contributed by atoms with Gasteiger partial charge in [0.2, 0.25) is 0 Å². The lowest BCUT2D eigenvalue weighted by atomic mass is 9.89. The molecule has 1 amide bonds. The number of hydrogen-bond acceptors (Lipinski definition) is 1. The quantitative estimate of drug-likeness (QED) is 0.690. The van der Waals surface area contributed by atoms with Crippen molar-refractivity contribution in [1.29, 1.82) is 0 Å². The van der Waals surface area contributed by atoms with E-state index in [1.54, 1.807) is 0 Å². The van der Waals surface area contributed by atoms with E-state index in [0.717, 1.165) is 18.4 Å². The zero-order valence-electron chi connectivity index (χ0n) is 13.6. The summed E-state index contributed by atoms with van der Waals surface area (Å²) in [6.45, 7) is 1.35. The maximum atomic E-state index is 13.2. The number of nitrogens with zero attached hydrogens (tertiary/aromatic N) is 1. The van der Waals surface area contributed by atoms with E-state index in [9.17, 15) is 9.18 Å². The van der Waals surface area contributed by atoms with Gasteiger partial charge in [-0.15, -0.1) is 0 Å². The molecule has 1 saturated heterocycles. The van der Waals surface area contributed by atoms with E-state index < -0.39 is 5.82 Å². The number of aromatic nitrogens is 1. The molecule has 3 nitrogen and oxygen atoms in total. The van der Waals surface area contributed by atoms with Crippen LogP contribution in [-0.2, 0) is 0 Å². The van der Waals surface area contributed by atoms with Crippen LogP contribution in [0.5, 0.6) is 0 Å². The fourth-order valence-electron chi connectivity index (χ4n) is 3.66. The predicted molar refractivity (Wildman–Crippen MR) is 97.6 cm³/mol. The number of piperidine rings is 1. The fourth-order valence-corrected chi connectivity index (χ4v) is 3.91. The molecule has 1 aromatic heterocycles. The number of benzene rings is 2. The van der Waals surface area contributed by atoms with Crippen LogP contribution in [0.4, 0.5) is 4.39 Å². The molecule has 1 aliphatic heterocycles. The average Bonchev–Trinajstić information content (AvgIpc) is 3.05. The molecule has 0 spiro atoms. The molecule has 1 fully saturated rings. The van der Waals surface area contributed by atoms with Gasteiger partial charge in [0.15, 0.2) is 0 Å². The lowest BCUT2D eigenvalue weighted by Gasteiger charge is -2.32. The smallest absolute Gasteiger partial charge is 0.255 e. The molecule has 3 aromatic rings. The van der Waals surface area contributed by atoms with E-state index in [0.29, 0.717) is 24.6 Å². The summed E-state index contributed by atoms with van der Waals surface area (Å²) in [6.07, 6.45) is 3.91. The molecule has 128 valence electrons. The van der Waals surface area contributed by atoms with Crippen molar-refractivity contribution in [3.63, 3.8) is 0 Å². The van der Waals surface area contributed by atoms with Crippen molar-refractivity contribution >= 4 is 28.4 Å². The molecule has 0 bridgehead atoms. The Balaban J connectivity index is 1.49. The van der Waals surface area contributed by atoms with Gasteiger partial charge in [0.1, 0.15) is 5.82 Å². The third-order valence-electron chi connectivity index (χ3n) is 5.00. The molecule has 5 heteroatoms. The normalized spacial score (nSPS) is 15.7. The third kappa shape index (κ3) is 3.02. The molecule has 1 N–H and O–H groups in total. The number of carbonyl (C=O) groups is 1. The molecule has 25 heavy (non-hydrogen) atoms. The maximum Gasteiger partial charge on any atom is 0.255 e. The topological polar surface area (TPSA) is 36.1 Å². The van der Waals surface area contributed by atoms with Crippen LogP contribution in [0.3, 0.4) is 0 Å². The summed E-state index contributed by atoms with van der Waals surface area (Å²) in [5, 5.41) is 1.43. The highest BCUT2D eigenvalue weighted by molar-refractivity contribution is 6.33. The van der Waals surface area contributed by atoms with Crippen LogP contribution in [0.2, 0.25) is 5.02 Å². The van der Waals surface area contributed by atoms with Crippen molar-refractivity contribution in [3.05, 3.63) is 70.6 Å². The second-order valence-corrected chi connectivity index (χ2v) is 6.89. The summed E-state index contributed by atoms with van der Waals surface area (Å²) in [7, 11) is 0. The Hall–Kier alpha value is -2.33. The maximum absolute atomic E-state index is 13.2. The molecule has 1 aliphatic rings. The number of nitrogens with one attached hydrogen (secondary N) is 1. The number of para-hydroxylation sites is 1. The van der Waals surface area contributed by atoms with E-state index in [1.165, 1.54) is 29.1 Å². The van der Waals surface area contributed by atoms with Gasteiger partial charge in [-0.25, -0.2) is 4.39 Å². The van der Waals surface area contributed by atoms with Gasteiger partial charge >= 0.3 is 0 Å². The monoisotopic (exact) mass is 356 g/mol. The highest BCUT2D eigenvalue weighted by Crippen LogP contribution is 2.33. The van der Waals surface area contributed by atoms with Crippen molar-refractivity contribution in [3.8, 4) is 0 Å². The average molecular weight is 357 g/mol. The Morgan fingerprint density at radius 2 is 1.92 bits per heavy atom. The molecular weight excluding hydrogens is 339 g/mol.